The van der Waals surface area contributed by atoms with Crippen molar-refractivity contribution >= 4 is 5.91 Å². The molecule has 0 spiro atoms. The van der Waals surface area contributed by atoms with Gasteiger partial charge in [-0.25, -0.2) is 0 Å². The summed E-state index contributed by atoms with van der Waals surface area (Å²) in [6.07, 6.45) is 1.24. The zero-order valence-corrected chi connectivity index (χ0v) is 8.29. The lowest BCUT2D eigenvalue weighted by Gasteiger charge is -2.37. The first-order chi connectivity index (χ1) is 6.61. The van der Waals surface area contributed by atoms with Gasteiger partial charge in [0.25, 0.3) is 5.91 Å². The van der Waals surface area contributed by atoms with Crippen molar-refractivity contribution in [1.82, 2.24) is 4.90 Å². The second-order valence-corrected chi connectivity index (χ2v) is 3.59. The molecule has 0 bridgehead atoms. The van der Waals surface area contributed by atoms with Crippen LogP contribution in [-0.2, 0) is 4.79 Å². The highest BCUT2D eigenvalue weighted by atomic mass is 16.3. The Balaban J connectivity index is 2.63. The molecular weight excluding hydrogens is 182 g/mol. The molecule has 1 heterocycles. The van der Waals surface area contributed by atoms with Crippen LogP contribution in [0.25, 0.3) is 0 Å². The highest BCUT2D eigenvalue weighted by Gasteiger charge is 2.34. The molecule has 78 valence electrons. The summed E-state index contributed by atoms with van der Waals surface area (Å²) in [4.78, 5) is 12.8. The van der Waals surface area contributed by atoms with Crippen LogP contribution < -0.4 is 0 Å². The summed E-state index contributed by atoms with van der Waals surface area (Å²) in [5.74, 6) is 4.67. The van der Waals surface area contributed by atoms with Crippen LogP contribution in [0.1, 0.15) is 19.8 Å². The first-order valence-electron chi connectivity index (χ1n) is 4.66. The zero-order chi connectivity index (χ0) is 10.6. The lowest BCUT2D eigenvalue weighted by Crippen LogP contribution is -2.52. The minimum Gasteiger partial charge on any atom is -0.393 e. The Morgan fingerprint density at radius 2 is 2.36 bits per heavy atom. The number of aliphatic hydroxyl groups is 2. The molecule has 0 aromatic carbocycles. The summed E-state index contributed by atoms with van der Waals surface area (Å²) in [7, 11) is 0. The zero-order valence-electron chi connectivity index (χ0n) is 8.29. The van der Waals surface area contributed by atoms with E-state index in [9.17, 15) is 9.90 Å². The third-order valence-electron chi connectivity index (χ3n) is 2.37. The standard InChI is InChI=1S/C10H15NO3/c1-2-4-9(13)11-6-3-5-10(14,7-11)8-12/h12,14H,3,5-8H2,1H3. The van der Waals surface area contributed by atoms with Gasteiger partial charge in [-0.3, -0.25) is 4.79 Å². The molecule has 1 saturated heterocycles. The number of amides is 1. The molecule has 1 atom stereocenters. The number of carbonyl (C=O) groups excluding carboxylic acids is 1. The van der Waals surface area contributed by atoms with Crippen LogP contribution in [0.5, 0.6) is 0 Å². The van der Waals surface area contributed by atoms with E-state index in [1.807, 2.05) is 0 Å². The van der Waals surface area contributed by atoms with E-state index in [2.05, 4.69) is 11.8 Å². The van der Waals surface area contributed by atoms with Gasteiger partial charge in [-0.15, -0.1) is 0 Å². The molecule has 1 aliphatic rings. The molecular formula is C10H15NO3. The van der Waals surface area contributed by atoms with Crippen LogP contribution in [0, 0.1) is 11.8 Å². The van der Waals surface area contributed by atoms with Crippen LogP contribution in [-0.4, -0.2) is 46.3 Å². The highest BCUT2D eigenvalue weighted by Crippen LogP contribution is 2.20. The molecule has 4 heteroatoms. The van der Waals surface area contributed by atoms with Gasteiger partial charge in [-0.05, 0) is 25.7 Å². The molecule has 1 amide bonds. The fourth-order valence-electron chi connectivity index (χ4n) is 1.60. The van der Waals surface area contributed by atoms with Gasteiger partial charge < -0.3 is 15.1 Å². The number of likely N-dealkylation sites (tertiary alicyclic amines) is 1. The van der Waals surface area contributed by atoms with Crippen molar-refractivity contribution in [2.45, 2.75) is 25.4 Å². The Morgan fingerprint density at radius 3 is 2.93 bits per heavy atom. The minimum absolute atomic E-state index is 0.178. The Labute approximate surface area is 83.5 Å². The van der Waals surface area contributed by atoms with Gasteiger partial charge in [-0.2, -0.15) is 0 Å². The van der Waals surface area contributed by atoms with E-state index in [1.54, 1.807) is 6.92 Å². The molecule has 0 aromatic heterocycles. The van der Waals surface area contributed by atoms with E-state index in [0.29, 0.717) is 19.4 Å². The van der Waals surface area contributed by atoms with E-state index >= 15 is 0 Å². The maximum atomic E-state index is 11.4. The first kappa shape index (κ1) is 11.0. The van der Waals surface area contributed by atoms with Crippen molar-refractivity contribution in [3.8, 4) is 11.8 Å². The Morgan fingerprint density at radius 1 is 1.64 bits per heavy atom. The van der Waals surface area contributed by atoms with Crippen molar-refractivity contribution in [1.29, 1.82) is 0 Å². The fraction of sp³-hybridized carbons (Fsp3) is 0.700. The third-order valence-corrected chi connectivity index (χ3v) is 2.37. The third kappa shape index (κ3) is 2.47. The molecule has 1 aliphatic heterocycles. The lowest BCUT2D eigenvalue weighted by atomic mass is 9.94. The molecule has 0 aliphatic carbocycles. The summed E-state index contributed by atoms with van der Waals surface area (Å²) in [5, 5.41) is 18.7. The van der Waals surface area contributed by atoms with Gasteiger partial charge in [0.15, 0.2) is 0 Å². The van der Waals surface area contributed by atoms with Crippen molar-refractivity contribution in [3.05, 3.63) is 0 Å². The number of hydrogen-bond donors (Lipinski definition) is 2. The van der Waals surface area contributed by atoms with Gasteiger partial charge in [0, 0.05) is 6.54 Å². The van der Waals surface area contributed by atoms with Gasteiger partial charge >= 0.3 is 0 Å². The van der Waals surface area contributed by atoms with Gasteiger partial charge in [0.1, 0.15) is 5.60 Å². The molecule has 14 heavy (non-hydrogen) atoms. The number of piperidine rings is 1. The number of carbonyl (C=O) groups is 1. The summed E-state index contributed by atoms with van der Waals surface area (Å²) in [6, 6.07) is 0. The second kappa shape index (κ2) is 4.45. The van der Waals surface area contributed by atoms with Crippen LogP contribution in [0.3, 0.4) is 0 Å². The number of nitrogens with zero attached hydrogens (tertiary/aromatic N) is 1. The van der Waals surface area contributed by atoms with Crippen LogP contribution >= 0.6 is 0 Å². The quantitative estimate of drug-likeness (QED) is 0.549. The normalized spacial score (nSPS) is 26.6. The van der Waals surface area contributed by atoms with E-state index in [1.165, 1.54) is 4.90 Å². The molecule has 4 nitrogen and oxygen atoms in total. The van der Waals surface area contributed by atoms with Crippen molar-refractivity contribution in [2.75, 3.05) is 19.7 Å². The van der Waals surface area contributed by atoms with E-state index in [4.69, 9.17) is 5.11 Å². The maximum absolute atomic E-state index is 11.4. The minimum atomic E-state index is -1.14. The Hall–Kier alpha value is -1.05. The van der Waals surface area contributed by atoms with Crippen LogP contribution in [0.15, 0.2) is 0 Å². The summed E-state index contributed by atoms with van der Waals surface area (Å²) in [5.41, 5.74) is -1.14. The van der Waals surface area contributed by atoms with Crippen LogP contribution in [0.2, 0.25) is 0 Å². The summed E-state index contributed by atoms with van der Waals surface area (Å²) < 4.78 is 0. The summed E-state index contributed by atoms with van der Waals surface area (Å²) >= 11 is 0. The smallest absolute Gasteiger partial charge is 0.298 e. The van der Waals surface area contributed by atoms with Crippen molar-refractivity contribution in [3.63, 3.8) is 0 Å². The number of β-amino-alcohol motifs (C(OH)–C–C–N with tert-alkyl or cyclic N) is 1. The molecule has 0 saturated carbocycles. The second-order valence-electron chi connectivity index (χ2n) is 3.59. The molecule has 1 rings (SSSR count). The maximum Gasteiger partial charge on any atom is 0.298 e. The summed E-state index contributed by atoms with van der Waals surface area (Å²) in [6.45, 7) is 2.07. The Bertz CT molecular complexity index is 279. The topological polar surface area (TPSA) is 60.8 Å². The predicted molar refractivity (Wildman–Crippen MR) is 51.3 cm³/mol. The number of rotatable bonds is 1. The van der Waals surface area contributed by atoms with E-state index in [-0.39, 0.29) is 19.1 Å². The van der Waals surface area contributed by atoms with Gasteiger partial charge in [-0.1, -0.05) is 5.92 Å². The highest BCUT2D eigenvalue weighted by molar-refractivity contribution is 5.93. The van der Waals surface area contributed by atoms with E-state index in [0.717, 1.165) is 0 Å². The first-order valence-corrected chi connectivity index (χ1v) is 4.66. The Kier molecular flexibility index (Phi) is 3.50. The molecule has 1 unspecified atom stereocenters. The SMILES string of the molecule is CC#CC(=O)N1CCCC(O)(CO)C1. The van der Waals surface area contributed by atoms with Crippen LogP contribution in [0.4, 0.5) is 0 Å². The average molecular weight is 197 g/mol. The number of hydrogen-bond acceptors (Lipinski definition) is 3. The van der Waals surface area contributed by atoms with Crippen molar-refractivity contribution < 1.29 is 15.0 Å². The molecule has 0 radical (unpaired) electrons. The largest absolute Gasteiger partial charge is 0.393 e. The molecule has 0 aromatic rings. The molecule has 2 N–H and O–H groups in total. The monoisotopic (exact) mass is 197 g/mol. The molecule has 1 fully saturated rings. The fourth-order valence-corrected chi connectivity index (χ4v) is 1.60. The van der Waals surface area contributed by atoms with Crippen molar-refractivity contribution in [2.24, 2.45) is 0 Å². The number of aliphatic hydroxyl groups excluding tert-OH is 1. The lowest BCUT2D eigenvalue weighted by molar-refractivity contribution is -0.134. The van der Waals surface area contributed by atoms with Gasteiger partial charge in [0.2, 0.25) is 0 Å². The average Bonchev–Trinajstić information content (AvgIpc) is 2.18. The van der Waals surface area contributed by atoms with E-state index < -0.39 is 5.60 Å². The predicted octanol–water partition coefficient (Wildman–Crippen LogP) is -0.645. The van der Waals surface area contributed by atoms with Gasteiger partial charge in [0.05, 0.1) is 13.2 Å².